The van der Waals surface area contributed by atoms with Gasteiger partial charge >= 0.3 is 0 Å². The van der Waals surface area contributed by atoms with Gasteiger partial charge in [0, 0.05) is 43.3 Å². The Kier molecular flexibility index (Phi) is 7.55. The third-order valence-electron chi connectivity index (χ3n) is 6.24. The molecule has 6 heteroatoms. The van der Waals surface area contributed by atoms with Crippen molar-refractivity contribution in [3.05, 3.63) is 29.8 Å². The second kappa shape index (κ2) is 9.92. The highest BCUT2D eigenvalue weighted by molar-refractivity contribution is 5.94. The fraction of sp³-hybridized carbons (Fsp3) is 0.696. The molecule has 1 amide bonds. The molecule has 1 aromatic rings. The van der Waals surface area contributed by atoms with Crippen LogP contribution in [-0.4, -0.2) is 79.3 Å². The van der Waals surface area contributed by atoms with E-state index < -0.39 is 0 Å². The van der Waals surface area contributed by atoms with Crippen LogP contribution in [0.5, 0.6) is 5.75 Å². The van der Waals surface area contributed by atoms with E-state index in [4.69, 9.17) is 4.74 Å². The van der Waals surface area contributed by atoms with Gasteiger partial charge in [-0.15, -0.1) is 0 Å². The minimum Gasteiger partial charge on any atom is -0.490 e. The summed E-state index contributed by atoms with van der Waals surface area (Å²) >= 11 is 0. The van der Waals surface area contributed by atoms with Crippen molar-refractivity contribution < 1.29 is 14.6 Å². The van der Waals surface area contributed by atoms with Crippen LogP contribution in [0, 0.1) is 5.41 Å². The predicted octanol–water partition coefficient (Wildman–Crippen LogP) is 2.37. The van der Waals surface area contributed by atoms with Gasteiger partial charge in [0.2, 0.25) is 0 Å². The van der Waals surface area contributed by atoms with E-state index in [1.54, 1.807) is 6.07 Å². The molecule has 0 aromatic heterocycles. The molecule has 162 valence electrons. The number of ether oxygens (including phenoxy) is 1. The summed E-state index contributed by atoms with van der Waals surface area (Å²) in [5, 5.41) is 12.2. The van der Waals surface area contributed by atoms with Gasteiger partial charge in [0.25, 0.3) is 5.91 Å². The smallest absolute Gasteiger partial charge is 0.251 e. The van der Waals surface area contributed by atoms with Crippen LogP contribution in [0.1, 0.15) is 49.9 Å². The van der Waals surface area contributed by atoms with Gasteiger partial charge in [-0.05, 0) is 64.0 Å². The van der Waals surface area contributed by atoms with Crippen LogP contribution in [0.25, 0.3) is 0 Å². The Balaban J connectivity index is 1.47. The molecule has 29 heavy (non-hydrogen) atoms. The molecule has 1 aromatic carbocycles. The summed E-state index contributed by atoms with van der Waals surface area (Å²) in [4.78, 5) is 17.5. The minimum absolute atomic E-state index is 0.0344. The molecule has 2 heterocycles. The van der Waals surface area contributed by atoms with Crippen molar-refractivity contribution in [3.8, 4) is 5.75 Å². The Bertz CT molecular complexity index is 663. The van der Waals surface area contributed by atoms with Gasteiger partial charge in [0.15, 0.2) is 0 Å². The summed E-state index contributed by atoms with van der Waals surface area (Å²) in [5.41, 5.74) is 0.269. The van der Waals surface area contributed by atoms with Crippen LogP contribution in [0.2, 0.25) is 0 Å². The second-order valence-electron chi connectivity index (χ2n) is 9.42. The molecule has 0 spiro atoms. The molecule has 2 saturated heterocycles. The van der Waals surface area contributed by atoms with Crippen molar-refractivity contribution in [1.82, 2.24) is 15.1 Å². The maximum Gasteiger partial charge on any atom is 0.251 e. The first-order valence-electron chi connectivity index (χ1n) is 10.9. The van der Waals surface area contributed by atoms with Gasteiger partial charge in [-0.1, -0.05) is 19.9 Å². The first-order chi connectivity index (χ1) is 13.9. The average molecular weight is 404 g/mol. The zero-order valence-electron chi connectivity index (χ0n) is 18.2. The first kappa shape index (κ1) is 22.1. The SMILES string of the molecule is CN1CCC(N2CCC(Oc3cccc(C(=O)NCC(C)(C)CO)c3)CC2)CC1. The van der Waals surface area contributed by atoms with E-state index in [0.717, 1.165) is 37.7 Å². The lowest BCUT2D eigenvalue weighted by Gasteiger charge is -2.41. The molecule has 0 radical (unpaired) electrons. The van der Waals surface area contributed by atoms with Crippen LogP contribution in [0.15, 0.2) is 24.3 Å². The maximum absolute atomic E-state index is 12.4. The molecular formula is C23H37N3O3. The zero-order valence-corrected chi connectivity index (χ0v) is 18.2. The monoisotopic (exact) mass is 403 g/mol. The lowest BCUT2D eigenvalue weighted by atomic mass is 9.95. The molecule has 0 aliphatic carbocycles. The van der Waals surface area contributed by atoms with Gasteiger partial charge in [-0.3, -0.25) is 4.79 Å². The number of nitrogens with zero attached hydrogens (tertiary/aromatic N) is 2. The molecule has 0 saturated carbocycles. The van der Waals surface area contributed by atoms with E-state index in [-0.39, 0.29) is 24.0 Å². The van der Waals surface area contributed by atoms with Crippen molar-refractivity contribution in [3.63, 3.8) is 0 Å². The number of likely N-dealkylation sites (tertiary alicyclic amines) is 2. The van der Waals surface area contributed by atoms with E-state index >= 15 is 0 Å². The lowest BCUT2D eigenvalue weighted by molar-refractivity contribution is 0.0525. The predicted molar refractivity (Wildman–Crippen MR) is 115 cm³/mol. The Morgan fingerprint density at radius 1 is 1.17 bits per heavy atom. The average Bonchev–Trinajstić information content (AvgIpc) is 2.73. The minimum atomic E-state index is -0.328. The number of benzene rings is 1. The Morgan fingerprint density at radius 3 is 2.52 bits per heavy atom. The quantitative estimate of drug-likeness (QED) is 0.732. The fourth-order valence-electron chi connectivity index (χ4n) is 4.10. The molecule has 2 N–H and O–H groups in total. The van der Waals surface area contributed by atoms with E-state index in [0.29, 0.717) is 12.1 Å². The highest BCUT2D eigenvalue weighted by atomic mass is 16.5. The Morgan fingerprint density at radius 2 is 1.86 bits per heavy atom. The van der Waals surface area contributed by atoms with E-state index in [1.165, 1.54) is 25.9 Å². The number of piperidine rings is 2. The van der Waals surface area contributed by atoms with Gasteiger partial charge in [-0.25, -0.2) is 0 Å². The summed E-state index contributed by atoms with van der Waals surface area (Å²) < 4.78 is 6.21. The van der Waals surface area contributed by atoms with Crippen LogP contribution in [0.3, 0.4) is 0 Å². The van der Waals surface area contributed by atoms with Crippen molar-refractivity contribution >= 4 is 5.91 Å². The van der Waals surface area contributed by atoms with Gasteiger partial charge < -0.3 is 25.0 Å². The fourth-order valence-corrected chi connectivity index (χ4v) is 4.10. The van der Waals surface area contributed by atoms with E-state index in [2.05, 4.69) is 22.2 Å². The number of nitrogens with one attached hydrogen (secondary N) is 1. The third-order valence-corrected chi connectivity index (χ3v) is 6.24. The summed E-state index contributed by atoms with van der Waals surface area (Å²) in [7, 11) is 2.21. The van der Waals surface area contributed by atoms with Crippen LogP contribution < -0.4 is 10.1 Å². The Labute approximate surface area is 175 Å². The largest absolute Gasteiger partial charge is 0.490 e. The van der Waals surface area contributed by atoms with Gasteiger partial charge in [0.05, 0.1) is 0 Å². The number of hydrogen-bond donors (Lipinski definition) is 2. The molecule has 0 bridgehead atoms. The van der Waals surface area contributed by atoms with Crippen LogP contribution in [0.4, 0.5) is 0 Å². The number of carbonyl (C=O) groups excluding carboxylic acids is 1. The molecule has 2 aliphatic rings. The van der Waals surface area contributed by atoms with Gasteiger partial charge in [0.1, 0.15) is 11.9 Å². The molecule has 6 nitrogen and oxygen atoms in total. The first-order valence-corrected chi connectivity index (χ1v) is 10.9. The van der Waals surface area contributed by atoms with E-state index in [9.17, 15) is 9.90 Å². The summed E-state index contributed by atoms with van der Waals surface area (Å²) in [6.07, 6.45) is 4.82. The van der Waals surface area contributed by atoms with Crippen LogP contribution >= 0.6 is 0 Å². The number of carbonyl (C=O) groups is 1. The van der Waals surface area contributed by atoms with E-state index in [1.807, 2.05) is 32.0 Å². The molecule has 2 fully saturated rings. The van der Waals surface area contributed by atoms with Crippen molar-refractivity contribution in [1.29, 1.82) is 0 Å². The van der Waals surface area contributed by atoms with Crippen molar-refractivity contribution in [2.45, 2.75) is 51.7 Å². The summed E-state index contributed by atoms with van der Waals surface area (Å²) in [5.74, 6) is 0.630. The topological polar surface area (TPSA) is 65.0 Å². The molecule has 2 aliphatic heterocycles. The normalized spacial score (nSPS) is 20.6. The number of aliphatic hydroxyl groups excluding tert-OH is 1. The number of hydrogen-bond acceptors (Lipinski definition) is 5. The number of aliphatic hydroxyl groups is 1. The summed E-state index contributed by atoms with van der Waals surface area (Å²) in [6, 6.07) is 8.15. The molecule has 0 atom stereocenters. The second-order valence-corrected chi connectivity index (χ2v) is 9.42. The van der Waals surface area contributed by atoms with Crippen molar-refractivity contribution in [2.75, 3.05) is 46.4 Å². The van der Waals surface area contributed by atoms with Crippen molar-refractivity contribution in [2.24, 2.45) is 5.41 Å². The highest BCUT2D eigenvalue weighted by Crippen LogP contribution is 2.24. The number of amides is 1. The van der Waals surface area contributed by atoms with Crippen LogP contribution in [-0.2, 0) is 0 Å². The third kappa shape index (κ3) is 6.43. The standard InChI is InChI=1S/C23H37N3O3/c1-23(2,17-27)16-24-22(28)18-5-4-6-21(15-18)29-20-9-13-26(14-10-20)19-7-11-25(3)12-8-19/h4-6,15,19-20,27H,7-14,16-17H2,1-3H3,(H,24,28). The zero-order chi connectivity index (χ0) is 20.9. The van der Waals surface area contributed by atoms with Gasteiger partial charge in [-0.2, -0.15) is 0 Å². The maximum atomic E-state index is 12.4. The molecule has 3 rings (SSSR count). The molecular weight excluding hydrogens is 366 g/mol. The Hall–Kier alpha value is -1.63. The number of rotatable bonds is 7. The lowest BCUT2D eigenvalue weighted by Crippen LogP contribution is -2.48. The molecule has 0 unspecified atom stereocenters. The summed E-state index contributed by atoms with van der Waals surface area (Å²) in [6.45, 7) is 8.90. The highest BCUT2D eigenvalue weighted by Gasteiger charge is 2.28.